The lowest BCUT2D eigenvalue weighted by molar-refractivity contribution is 0.415. The summed E-state index contributed by atoms with van der Waals surface area (Å²) >= 11 is 4.93. The fourth-order valence-corrected chi connectivity index (χ4v) is 4.49. The van der Waals surface area contributed by atoms with E-state index < -0.39 is 0 Å². The summed E-state index contributed by atoms with van der Waals surface area (Å²) in [4.78, 5) is 4.72. The molecule has 7 nitrogen and oxygen atoms in total. The normalized spacial score (nSPS) is 11.2. The first kappa shape index (κ1) is 19.7. The van der Waals surface area contributed by atoms with Crippen LogP contribution in [0.25, 0.3) is 38.7 Å². The highest BCUT2D eigenvalue weighted by Crippen LogP contribution is 2.34. The van der Waals surface area contributed by atoms with Crippen LogP contribution in [0.1, 0.15) is 5.69 Å². The smallest absolute Gasteiger partial charge is 0.187 e. The number of aromatic nitrogens is 5. The van der Waals surface area contributed by atoms with Crippen LogP contribution in [0.2, 0.25) is 0 Å². The summed E-state index contributed by atoms with van der Waals surface area (Å²) < 4.78 is 7.91. The maximum atomic E-state index is 6.46. The largest absolute Gasteiger partial charge is 0.497 e. The molecule has 0 bridgehead atoms. The molecule has 31 heavy (non-hydrogen) atoms. The monoisotopic (exact) mass is 492 g/mol. The summed E-state index contributed by atoms with van der Waals surface area (Å²) in [5.41, 5.74) is 12.2. The van der Waals surface area contributed by atoms with Gasteiger partial charge < -0.3 is 10.5 Å². The van der Waals surface area contributed by atoms with Crippen LogP contribution < -0.4 is 10.5 Å². The Balaban J connectivity index is 1.57. The number of ether oxygens (including phenoxy) is 1. The predicted molar refractivity (Wildman–Crippen MR) is 126 cm³/mol. The van der Waals surface area contributed by atoms with Crippen molar-refractivity contribution in [3.05, 3.63) is 64.1 Å². The van der Waals surface area contributed by atoms with Gasteiger partial charge in [-0.3, -0.25) is 0 Å². The number of nitrogen functional groups attached to an aromatic ring is 1. The summed E-state index contributed by atoms with van der Waals surface area (Å²) in [5.74, 6) is 1.20. The Kier molecular flexibility index (Phi) is 4.91. The highest BCUT2D eigenvalue weighted by Gasteiger charge is 2.20. The highest BCUT2D eigenvalue weighted by molar-refractivity contribution is 9.10. The molecular formula is C22H17BrN6OS. The van der Waals surface area contributed by atoms with E-state index in [4.69, 9.17) is 15.5 Å². The first-order valence-electron chi connectivity index (χ1n) is 9.43. The molecule has 9 heteroatoms. The number of nitrogens with zero attached hydrogens (tertiary/aromatic N) is 5. The van der Waals surface area contributed by atoms with Gasteiger partial charge in [-0.25, -0.2) is 4.98 Å². The molecule has 5 aromatic rings. The van der Waals surface area contributed by atoms with Gasteiger partial charge in [-0.05, 0) is 36.8 Å². The summed E-state index contributed by atoms with van der Waals surface area (Å²) in [6.45, 7) is 1.93. The number of hydrogen-bond acceptors (Lipinski definition) is 7. The predicted octanol–water partition coefficient (Wildman–Crippen LogP) is 5.24. The topological polar surface area (TPSA) is 91.2 Å². The number of benzene rings is 2. The molecule has 0 saturated carbocycles. The molecule has 0 amide bonds. The van der Waals surface area contributed by atoms with Gasteiger partial charge in [-0.15, -0.1) is 21.5 Å². The number of hydrogen-bond donors (Lipinski definition) is 1. The van der Waals surface area contributed by atoms with Crippen molar-refractivity contribution in [2.24, 2.45) is 0 Å². The fraction of sp³-hybridized carbons (Fsp3) is 0.0909. The van der Waals surface area contributed by atoms with Crippen molar-refractivity contribution in [3.63, 3.8) is 0 Å². The third-order valence-corrected chi connectivity index (χ3v) is 6.35. The molecule has 2 aromatic carbocycles. The first-order chi connectivity index (χ1) is 15.0. The zero-order chi connectivity index (χ0) is 21.5. The third kappa shape index (κ3) is 3.45. The van der Waals surface area contributed by atoms with Crippen LogP contribution >= 0.6 is 27.3 Å². The van der Waals surface area contributed by atoms with Crippen LogP contribution in [0.5, 0.6) is 5.75 Å². The molecule has 2 N–H and O–H groups in total. The lowest BCUT2D eigenvalue weighted by atomic mass is 10.1. The second-order valence-corrected chi connectivity index (χ2v) is 8.68. The lowest BCUT2D eigenvalue weighted by Crippen LogP contribution is -2.05. The van der Waals surface area contributed by atoms with E-state index in [2.05, 4.69) is 31.2 Å². The second-order valence-electron chi connectivity index (χ2n) is 6.90. The molecule has 0 aliphatic rings. The van der Waals surface area contributed by atoms with Crippen molar-refractivity contribution in [2.45, 2.75) is 6.92 Å². The van der Waals surface area contributed by atoms with Crippen molar-refractivity contribution >= 4 is 38.7 Å². The zero-order valence-electron chi connectivity index (χ0n) is 16.7. The Morgan fingerprint density at radius 1 is 1.00 bits per heavy atom. The zero-order valence-corrected chi connectivity index (χ0v) is 19.1. The Labute approximate surface area is 190 Å². The number of thiazole rings is 1. The van der Waals surface area contributed by atoms with E-state index in [0.717, 1.165) is 38.3 Å². The van der Waals surface area contributed by atoms with Gasteiger partial charge in [0, 0.05) is 15.4 Å². The molecule has 0 saturated heterocycles. The van der Waals surface area contributed by atoms with E-state index in [9.17, 15) is 0 Å². The second kappa shape index (κ2) is 7.75. The SMILES string of the molecule is COc1ccc(-c2c(C)nn3c(N)c(-c4nc(-c5ccc(Br)cc5)cs4)nnc23)cc1. The molecule has 3 aromatic heterocycles. The summed E-state index contributed by atoms with van der Waals surface area (Å²) in [5, 5.41) is 16.2. The molecule has 0 radical (unpaired) electrons. The Morgan fingerprint density at radius 2 is 1.71 bits per heavy atom. The summed E-state index contributed by atoms with van der Waals surface area (Å²) in [7, 11) is 1.64. The number of anilines is 1. The average Bonchev–Trinajstić information content (AvgIpc) is 3.40. The summed E-state index contributed by atoms with van der Waals surface area (Å²) in [6, 6.07) is 15.8. The Hall–Kier alpha value is -3.30. The van der Waals surface area contributed by atoms with E-state index in [1.807, 2.05) is 60.8 Å². The van der Waals surface area contributed by atoms with Crippen LogP contribution in [0.15, 0.2) is 58.4 Å². The van der Waals surface area contributed by atoms with Crippen LogP contribution in [0.4, 0.5) is 5.82 Å². The number of fused-ring (bicyclic) bond motifs is 1. The van der Waals surface area contributed by atoms with Gasteiger partial charge in [0.05, 0.1) is 24.1 Å². The molecule has 154 valence electrons. The fourth-order valence-electron chi connectivity index (χ4n) is 3.41. The Bertz CT molecular complexity index is 1390. The van der Waals surface area contributed by atoms with Gasteiger partial charge in [0.2, 0.25) is 0 Å². The van der Waals surface area contributed by atoms with Crippen molar-refractivity contribution in [1.29, 1.82) is 0 Å². The van der Waals surface area contributed by atoms with Crippen molar-refractivity contribution in [2.75, 3.05) is 12.8 Å². The number of methoxy groups -OCH3 is 1. The average molecular weight is 493 g/mol. The Morgan fingerprint density at radius 3 is 2.42 bits per heavy atom. The van der Waals surface area contributed by atoms with Gasteiger partial charge in [0.1, 0.15) is 10.8 Å². The lowest BCUT2D eigenvalue weighted by Gasteiger charge is -2.05. The van der Waals surface area contributed by atoms with Gasteiger partial charge in [-0.1, -0.05) is 40.2 Å². The van der Waals surface area contributed by atoms with E-state index in [0.29, 0.717) is 22.2 Å². The molecule has 0 spiro atoms. The molecule has 0 aliphatic carbocycles. The first-order valence-corrected chi connectivity index (χ1v) is 11.1. The van der Waals surface area contributed by atoms with E-state index in [1.165, 1.54) is 11.3 Å². The van der Waals surface area contributed by atoms with Crippen molar-refractivity contribution in [1.82, 2.24) is 24.8 Å². The minimum Gasteiger partial charge on any atom is -0.497 e. The minimum atomic E-state index is 0.407. The van der Waals surface area contributed by atoms with Gasteiger partial charge >= 0.3 is 0 Å². The minimum absolute atomic E-state index is 0.407. The maximum absolute atomic E-state index is 6.46. The molecule has 0 atom stereocenters. The van der Waals surface area contributed by atoms with Crippen LogP contribution in [0, 0.1) is 6.92 Å². The third-order valence-electron chi connectivity index (χ3n) is 4.98. The van der Waals surface area contributed by atoms with E-state index >= 15 is 0 Å². The number of nitrogens with two attached hydrogens (primary N) is 1. The van der Waals surface area contributed by atoms with Crippen LogP contribution in [-0.4, -0.2) is 31.9 Å². The van der Waals surface area contributed by atoms with Crippen LogP contribution in [0.3, 0.4) is 0 Å². The summed E-state index contributed by atoms with van der Waals surface area (Å²) in [6.07, 6.45) is 0. The van der Waals surface area contributed by atoms with Crippen molar-refractivity contribution < 1.29 is 4.74 Å². The van der Waals surface area contributed by atoms with Gasteiger partial charge in [0.15, 0.2) is 17.2 Å². The maximum Gasteiger partial charge on any atom is 0.187 e. The molecule has 0 unspecified atom stereocenters. The molecule has 5 rings (SSSR count). The molecular weight excluding hydrogens is 476 g/mol. The van der Waals surface area contributed by atoms with Gasteiger partial charge in [0.25, 0.3) is 0 Å². The molecule has 0 aliphatic heterocycles. The highest BCUT2D eigenvalue weighted by atomic mass is 79.9. The van der Waals surface area contributed by atoms with E-state index in [1.54, 1.807) is 11.6 Å². The van der Waals surface area contributed by atoms with Crippen LogP contribution in [-0.2, 0) is 0 Å². The van der Waals surface area contributed by atoms with Crippen molar-refractivity contribution in [3.8, 4) is 38.8 Å². The quantitative estimate of drug-likeness (QED) is 0.368. The number of rotatable bonds is 4. The van der Waals surface area contributed by atoms with E-state index in [-0.39, 0.29) is 0 Å². The molecule has 0 fully saturated rings. The standard InChI is InChI=1S/C22H17BrN6OS/c1-12-18(14-5-9-16(30-2)10-6-14)21-27-26-19(20(24)29(21)28-12)22-25-17(11-31-22)13-3-7-15(23)8-4-13/h3-11H,24H2,1-2H3. The number of halogens is 1. The number of aryl methyl sites for hydroxylation is 1. The van der Waals surface area contributed by atoms with Gasteiger partial charge in [-0.2, -0.15) is 9.61 Å². The molecule has 3 heterocycles.